The Labute approximate surface area is 75.5 Å². The first-order chi connectivity index (χ1) is 5.75. The molecule has 1 saturated heterocycles. The standard InChI is InChI=1S/C11H20O/c1-9-8-12-11(10(9)2)6-4-3-5-7-11/h9-10H,3-8H2,1-2H3/t9-,10-/m0/s1. The van der Waals surface area contributed by atoms with E-state index in [1.54, 1.807) is 0 Å². The SMILES string of the molecule is C[C@H]1COC2(CCCCC2)[C@H]1C. The van der Waals surface area contributed by atoms with Crippen LogP contribution in [-0.4, -0.2) is 12.2 Å². The molecule has 0 aromatic rings. The largest absolute Gasteiger partial charge is 0.374 e. The summed E-state index contributed by atoms with van der Waals surface area (Å²) in [5, 5.41) is 0. The highest BCUT2D eigenvalue weighted by Crippen LogP contribution is 2.45. The second kappa shape index (κ2) is 3.02. The molecular formula is C11H20O. The van der Waals surface area contributed by atoms with Gasteiger partial charge in [-0.25, -0.2) is 0 Å². The molecule has 0 aromatic carbocycles. The average Bonchev–Trinajstić information content (AvgIpc) is 2.37. The minimum absolute atomic E-state index is 0.303. The Morgan fingerprint density at radius 2 is 1.75 bits per heavy atom. The zero-order valence-corrected chi connectivity index (χ0v) is 8.31. The van der Waals surface area contributed by atoms with Crippen LogP contribution in [-0.2, 0) is 4.74 Å². The average molecular weight is 168 g/mol. The van der Waals surface area contributed by atoms with Crippen molar-refractivity contribution in [1.29, 1.82) is 0 Å². The molecule has 1 spiro atoms. The zero-order valence-electron chi connectivity index (χ0n) is 8.31. The molecule has 0 radical (unpaired) electrons. The lowest BCUT2D eigenvalue weighted by Gasteiger charge is -2.37. The number of ether oxygens (including phenoxy) is 1. The lowest BCUT2D eigenvalue weighted by molar-refractivity contribution is -0.0458. The zero-order chi connectivity index (χ0) is 8.60. The van der Waals surface area contributed by atoms with Gasteiger partial charge in [-0.3, -0.25) is 0 Å². The Morgan fingerprint density at radius 3 is 2.25 bits per heavy atom. The van der Waals surface area contributed by atoms with E-state index in [1.807, 2.05) is 0 Å². The van der Waals surface area contributed by atoms with Crippen molar-refractivity contribution in [1.82, 2.24) is 0 Å². The van der Waals surface area contributed by atoms with Gasteiger partial charge < -0.3 is 4.74 Å². The third kappa shape index (κ3) is 1.19. The van der Waals surface area contributed by atoms with Crippen molar-refractivity contribution in [2.75, 3.05) is 6.61 Å². The molecule has 1 nitrogen and oxygen atoms in total. The van der Waals surface area contributed by atoms with Gasteiger partial charge in [0.05, 0.1) is 12.2 Å². The molecule has 1 aliphatic carbocycles. The Kier molecular flexibility index (Phi) is 2.16. The second-order valence-corrected chi connectivity index (χ2v) is 4.70. The number of rotatable bonds is 0. The second-order valence-electron chi connectivity index (χ2n) is 4.70. The number of hydrogen-bond acceptors (Lipinski definition) is 1. The monoisotopic (exact) mass is 168 g/mol. The molecule has 0 bridgehead atoms. The van der Waals surface area contributed by atoms with Gasteiger partial charge in [-0.15, -0.1) is 0 Å². The summed E-state index contributed by atoms with van der Waals surface area (Å²) in [4.78, 5) is 0. The highest BCUT2D eigenvalue weighted by Gasteiger charge is 2.45. The van der Waals surface area contributed by atoms with Crippen LogP contribution in [0.5, 0.6) is 0 Å². The maximum atomic E-state index is 6.01. The van der Waals surface area contributed by atoms with E-state index >= 15 is 0 Å². The molecule has 2 aliphatic rings. The quantitative estimate of drug-likeness (QED) is 0.540. The third-order valence-electron chi connectivity index (χ3n) is 4.02. The summed E-state index contributed by atoms with van der Waals surface area (Å²) in [5.74, 6) is 1.57. The highest BCUT2D eigenvalue weighted by molar-refractivity contribution is 4.95. The Hall–Kier alpha value is -0.0400. The Bertz CT molecular complexity index is 153. The first-order valence-electron chi connectivity index (χ1n) is 5.38. The molecule has 0 aromatic heterocycles. The fourth-order valence-electron chi connectivity index (χ4n) is 2.84. The van der Waals surface area contributed by atoms with Crippen LogP contribution in [0.4, 0.5) is 0 Å². The Balaban J connectivity index is 2.09. The molecule has 12 heavy (non-hydrogen) atoms. The normalized spacial score (nSPS) is 40.5. The topological polar surface area (TPSA) is 9.23 Å². The van der Waals surface area contributed by atoms with E-state index in [0.29, 0.717) is 5.60 Å². The van der Waals surface area contributed by atoms with E-state index in [2.05, 4.69) is 13.8 Å². The molecule has 0 unspecified atom stereocenters. The predicted molar refractivity (Wildman–Crippen MR) is 50.1 cm³/mol. The van der Waals surface area contributed by atoms with Crippen molar-refractivity contribution in [2.45, 2.75) is 51.6 Å². The van der Waals surface area contributed by atoms with Crippen LogP contribution in [0.3, 0.4) is 0 Å². The van der Waals surface area contributed by atoms with Gasteiger partial charge in [0, 0.05) is 0 Å². The van der Waals surface area contributed by atoms with Gasteiger partial charge in [0.25, 0.3) is 0 Å². The van der Waals surface area contributed by atoms with Gasteiger partial charge in [-0.05, 0) is 24.7 Å². The summed E-state index contributed by atoms with van der Waals surface area (Å²) in [7, 11) is 0. The van der Waals surface area contributed by atoms with Gasteiger partial charge in [-0.2, -0.15) is 0 Å². The maximum absolute atomic E-state index is 6.01. The smallest absolute Gasteiger partial charge is 0.0711 e. The Morgan fingerprint density at radius 1 is 1.08 bits per heavy atom. The van der Waals surface area contributed by atoms with Crippen molar-refractivity contribution >= 4 is 0 Å². The van der Waals surface area contributed by atoms with E-state index in [-0.39, 0.29) is 0 Å². The van der Waals surface area contributed by atoms with E-state index in [9.17, 15) is 0 Å². The first kappa shape index (κ1) is 8.55. The van der Waals surface area contributed by atoms with Crippen LogP contribution in [0.25, 0.3) is 0 Å². The van der Waals surface area contributed by atoms with Crippen LogP contribution in [0.1, 0.15) is 46.0 Å². The first-order valence-corrected chi connectivity index (χ1v) is 5.38. The number of hydrogen-bond donors (Lipinski definition) is 0. The molecule has 2 fully saturated rings. The lowest BCUT2D eigenvalue weighted by atomic mass is 9.74. The molecule has 0 amide bonds. The predicted octanol–water partition coefficient (Wildman–Crippen LogP) is 2.99. The van der Waals surface area contributed by atoms with Crippen molar-refractivity contribution < 1.29 is 4.74 Å². The van der Waals surface area contributed by atoms with E-state index in [0.717, 1.165) is 18.4 Å². The highest BCUT2D eigenvalue weighted by atomic mass is 16.5. The summed E-state index contributed by atoms with van der Waals surface area (Å²) >= 11 is 0. The summed E-state index contributed by atoms with van der Waals surface area (Å²) in [6, 6.07) is 0. The fraction of sp³-hybridized carbons (Fsp3) is 1.00. The van der Waals surface area contributed by atoms with Gasteiger partial charge in [0.15, 0.2) is 0 Å². The van der Waals surface area contributed by atoms with Gasteiger partial charge in [0.2, 0.25) is 0 Å². The van der Waals surface area contributed by atoms with Crippen molar-refractivity contribution in [3.8, 4) is 0 Å². The summed E-state index contributed by atoms with van der Waals surface area (Å²) in [6.07, 6.45) is 6.83. The van der Waals surface area contributed by atoms with Crippen molar-refractivity contribution in [3.05, 3.63) is 0 Å². The van der Waals surface area contributed by atoms with E-state index in [1.165, 1.54) is 32.1 Å². The van der Waals surface area contributed by atoms with Crippen LogP contribution < -0.4 is 0 Å². The summed E-state index contributed by atoms with van der Waals surface area (Å²) in [5.41, 5.74) is 0.303. The van der Waals surface area contributed by atoms with Gasteiger partial charge in [-0.1, -0.05) is 33.1 Å². The summed E-state index contributed by atoms with van der Waals surface area (Å²) < 4.78 is 6.01. The molecule has 1 heterocycles. The summed E-state index contributed by atoms with van der Waals surface area (Å²) in [6.45, 7) is 5.71. The van der Waals surface area contributed by atoms with Gasteiger partial charge in [0.1, 0.15) is 0 Å². The van der Waals surface area contributed by atoms with Crippen LogP contribution in [0.15, 0.2) is 0 Å². The van der Waals surface area contributed by atoms with Crippen LogP contribution in [0.2, 0.25) is 0 Å². The lowest BCUT2D eigenvalue weighted by Crippen LogP contribution is -2.37. The van der Waals surface area contributed by atoms with Crippen LogP contribution >= 0.6 is 0 Å². The maximum Gasteiger partial charge on any atom is 0.0711 e. The minimum Gasteiger partial charge on any atom is -0.374 e. The fourth-order valence-corrected chi connectivity index (χ4v) is 2.84. The molecule has 70 valence electrons. The van der Waals surface area contributed by atoms with Gasteiger partial charge >= 0.3 is 0 Å². The third-order valence-corrected chi connectivity index (χ3v) is 4.02. The van der Waals surface area contributed by atoms with Crippen molar-refractivity contribution in [3.63, 3.8) is 0 Å². The molecule has 0 N–H and O–H groups in total. The van der Waals surface area contributed by atoms with Crippen molar-refractivity contribution in [2.24, 2.45) is 11.8 Å². The molecule has 1 heteroatoms. The molecule has 1 aliphatic heterocycles. The minimum atomic E-state index is 0.303. The molecule has 1 saturated carbocycles. The molecule has 2 atom stereocenters. The molecular weight excluding hydrogens is 148 g/mol. The van der Waals surface area contributed by atoms with Crippen LogP contribution in [0, 0.1) is 11.8 Å². The van der Waals surface area contributed by atoms with E-state index < -0.39 is 0 Å². The molecule has 2 rings (SSSR count). The van der Waals surface area contributed by atoms with E-state index in [4.69, 9.17) is 4.74 Å².